The molecule has 2 aromatic heterocycles. The molecule has 2 N–H and O–H groups in total. The van der Waals surface area contributed by atoms with Crippen LogP contribution in [0.15, 0.2) is 66.6 Å². The first-order valence-electron chi connectivity index (χ1n) is 11.6. The highest BCUT2D eigenvalue weighted by molar-refractivity contribution is 6.46. The molecule has 3 aromatic rings. The second-order valence-electron chi connectivity index (χ2n) is 8.38. The first-order chi connectivity index (χ1) is 16.5. The first-order valence-corrected chi connectivity index (χ1v) is 11.6. The van der Waals surface area contributed by atoms with Crippen molar-refractivity contribution in [3.8, 4) is 5.69 Å². The van der Waals surface area contributed by atoms with Crippen LogP contribution >= 0.6 is 0 Å². The number of Topliss-reactive ketones (excluding diaryl/α,β-unsaturated/α-hetero) is 1. The maximum absolute atomic E-state index is 13.2. The van der Waals surface area contributed by atoms with Gasteiger partial charge in [-0.1, -0.05) is 24.3 Å². The van der Waals surface area contributed by atoms with Gasteiger partial charge in [-0.2, -0.15) is 5.10 Å². The largest absolute Gasteiger partial charge is 0.507 e. The zero-order valence-corrected chi connectivity index (χ0v) is 19.7. The number of aliphatic hydroxyl groups is 1. The lowest BCUT2D eigenvalue weighted by molar-refractivity contribution is -0.895. The molecule has 1 aliphatic rings. The van der Waals surface area contributed by atoms with Crippen molar-refractivity contribution < 1.29 is 19.6 Å². The van der Waals surface area contributed by atoms with Gasteiger partial charge in [0.25, 0.3) is 11.7 Å². The van der Waals surface area contributed by atoms with E-state index >= 15 is 0 Å². The molecule has 34 heavy (non-hydrogen) atoms. The Morgan fingerprint density at radius 3 is 2.44 bits per heavy atom. The Hall–Kier alpha value is -3.78. The van der Waals surface area contributed by atoms with Crippen LogP contribution in [0.2, 0.25) is 0 Å². The Labute approximate surface area is 199 Å². The van der Waals surface area contributed by atoms with Crippen LogP contribution in [0.25, 0.3) is 11.4 Å². The van der Waals surface area contributed by atoms with Gasteiger partial charge in [0.05, 0.1) is 60.9 Å². The van der Waals surface area contributed by atoms with Crippen LogP contribution in [0.4, 0.5) is 0 Å². The van der Waals surface area contributed by atoms with E-state index in [-0.39, 0.29) is 11.3 Å². The standard InChI is InChI=1S/C26H29N5O3/c1-4-29(5-2)14-15-30-23(19-10-9-13-27-16-19)22(25(33)26(30)34)24(32)21-17-28-31(18(21)3)20-11-7-6-8-12-20/h6-13,16-17,23,32H,4-5,14-15H2,1-3H3/p+1/b24-22-/t23-/m1/s1. The van der Waals surface area contributed by atoms with Crippen molar-refractivity contribution in [1.82, 2.24) is 19.7 Å². The van der Waals surface area contributed by atoms with Crippen LogP contribution in [-0.4, -0.2) is 62.6 Å². The minimum absolute atomic E-state index is 0.0725. The molecule has 1 aliphatic heterocycles. The van der Waals surface area contributed by atoms with E-state index in [0.717, 1.165) is 18.8 Å². The monoisotopic (exact) mass is 460 g/mol. The van der Waals surface area contributed by atoms with E-state index in [1.807, 2.05) is 43.3 Å². The third-order valence-electron chi connectivity index (χ3n) is 6.51. The highest BCUT2D eigenvalue weighted by atomic mass is 16.3. The van der Waals surface area contributed by atoms with Gasteiger partial charge >= 0.3 is 0 Å². The molecule has 1 amide bonds. The van der Waals surface area contributed by atoms with Crippen LogP contribution in [0.3, 0.4) is 0 Å². The van der Waals surface area contributed by atoms with Gasteiger partial charge in [-0.3, -0.25) is 14.6 Å². The molecule has 3 heterocycles. The van der Waals surface area contributed by atoms with Crippen LogP contribution in [0.1, 0.15) is 36.7 Å². The smallest absolute Gasteiger partial charge is 0.295 e. The molecule has 1 aromatic carbocycles. The molecule has 8 heteroatoms. The number of aliphatic hydroxyl groups excluding tert-OH is 1. The maximum Gasteiger partial charge on any atom is 0.295 e. The molecule has 176 valence electrons. The Bertz CT molecular complexity index is 1200. The fraction of sp³-hybridized carbons (Fsp3) is 0.308. The molecule has 8 nitrogen and oxygen atoms in total. The fourth-order valence-corrected chi connectivity index (χ4v) is 4.49. The van der Waals surface area contributed by atoms with E-state index < -0.39 is 17.7 Å². The number of carbonyl (C=O) groups is 2. The molecular formula is C26H30N5O3+. The summed E-state index contributed by atoms with van der Waals surface area (Å²) in [5.74, 6) is -1.51. The van der Waals surface area contributed by atoms with E-state index in [1.165, 1.54) is 11.1 Å². The number of quaternary nitrogens is 1. The molecule has 0 unspecified atom stereocenters. The third-order valence-corrected chi connectivity index (χ3v) is 6.51. The van der Waals surface area contributed by atoms with Gasteiger partial charge in [0.2, 0.25) is 0 Å². The second kappa shape index (κ2) is 10.0. The summed E-state index contributed by atoms with van der Waals surface area (Å²) >= 11 is 0. The average molecular weight is 461 g/mol. The Kier molecular flexibility index (Phi) is 6.88. The number of amides is 1. The summed E-state index contributed by atoms with van der Waals surface area (Å²) in [5, 5.41) is 15.8. The Morgan fingerprint density at radius 2 is 1.79 bits per heavy atom. The minimum atomic E-state index is -0.705. The highest BCUT2D eigenvalue weighted by Crippen LogP contribution is 2.39. The number of benzene rings is 1. The summed E-state index contributed by atoms with van der Waals surface area (Å²) in [4.78, 5) is 33.4. The van der Waals surface area contributed by atoms with Gasteiger partial charge in [-0.25, -0.2) is 4.68 Å². The van der Waals surface area contributed by atoms with Crippen molar-refractivity contribution in [2.75, 3.05) is 26.2 Å². The number of rotatable bonds is 8. The van der Waals surface area contributed by atoms with Crippen molar-refractivity contribution in [1.29, 1.82) is 0 Å². The van der Waals surface area contributed by atoms with Crippen molar-refractivity contribution in [2.24, 2.45) is 0 Å². The molecule has 0 saturated carbocycles. The van der Waals surface area contributed by atoms with E-state index in [4.69, 9.17) is 0 Å². The highest BCUT2D eigenvalue weighted by Gasteiger charge is 2.46. The number of pyridine rings is 1. The number of para-hydroxylation sites is 1. The van der Waals surface area contributed by atoms with Crippen molar-refractivity contribution >= 4 is 17.4 Å². The third kappa shape index (κ3) is 4.24. The first kappa shape index (κ1) is 23.4. The number of hydrogen-bond acceptors (Lipinski definition) is 5. The molecular weight excluding hydrogens is 430 g/mol. The van der Waals surface area contributed by atoms with E-state index in [0.29, 0.717) is 29.9 Å². The molecule has 0 spiro atoms. The maximum atomic E-state index is 13.2. The molecule has 0 aliphatic carbocycles. The Morgan fingerprint density at radius 1 is 1.06 bits per heavy atom. The number of likely N-dealkylation sites (tertiary alicyclic amines) is 1. The van der Waals surface area contributed by atoms with Gasteiger partial charge in [-0.15, -0.1) is 0 Å². The lowest BCUT2D eigenvalue weighted by Gasteiger charge is -2.26. The SMILES string of the molecule is CC[NH+](CC)CCN1C(=O)C(=O)/C(=C(\O)c2cnn(-c3ccccc3)c2C)[C@H]1c1cccnc1. The minimum Gasteiger partial charge on any atom is -0.507 e. The van der Waals surface area contributed by atoms with Crippen LogP contribution < -0.4 is 4.90 Å². The summed E-state index contributed by atoms with van der Waals surface area (Å²) in [6.07, 6.45) is 4.82. The summed E-state index contributed by atoms with van der Waals surface area (Å²) in [6.45, 7) is 8.99. The molecule has 1 saturated heterocycles. The topological polar surface area (TPSA) is 92.8 Å². The van der Waals surface area contributed by atoms with E-state index in [1.54, 1.807) is 28.0 Å². The molecule has 0 bridgehead atoms. The normalized spacial score (nSPS) is 17.6. The number of aromatic nitrogens is 3. The second-order valence-corrected chi connectivity index (χ2v) is 8.38. The number of nitrogens with one attached hydrogen (secondary N) is 1. The van der Waals surface area contributed by atoms with Crippen LogP contribution in [-0.2, 0) is 9.59 Å². The molecule has 1 atom stereocenters. The number of hydrogen-bond donors (Lipinski definition) is 2. The van der Waals surface area contributed by atoms with Gasteiger partial charge in [0, 0.05) is 12.4 Å². The number of carbonyl (C=O) groups excluding carboxylic acids is 2. The van der Waals surface area contributed by atoms with Gasteiger partial charge in [0.1, 0.15) is 5.76 Å². The summed E-state index contributed by atoms with van der Waals surface area (Å²) < 4.78 is 1.70. The van der Waals surface area contributed by atoms with Gasteiger partial charge in [0.15, 0.2) is 0 Å². The average Bonchev–Trinajstić information content (AvgIpc) is 3.38. The summed E-state index contributed by atoms with van der Waals surface area (Å²) in [7, 11) is 0. The predicted molar refractivity (Wildman–Crippen MR) is 128 cm³/mol. The zero-order valence-electron chi connectivity index (χ0n) is 19.7. The van der Waals surface area contributed by atoms with Gasteiger partial charge in [-0.05, 0) is 44.5 Å². The van der Waals surface area contributed by atoms with Gasteiger partial charge < -0.3 is 14.9 Å². The number of likely N-dealkylation sites (N-methyl/N-ethyl adjacent to an activating group) is 1. The fourth-order valence-electron chi connectivity index (χ4n) is 4.49. The number of nitrogens with zero attached hydrogens (tertiary/aromatic N) is 4. The van der Waals surface area contributed by atoms with E-state index in [9.17, 15) is 14.7 Å². The van der Waals surface area contributed by atoms with Crippen molar-refractivity contribution in [3.05, 3.63) is 83.4 Å². The van der Waals surface area contributed by atoms with Crippen LogP contribution in [0, 0.1) is 6.92 Å². The van der Waals surface area contributed by atoms with Crippen molar-refractivity contribution in [3.63, 3.8) is 0 Å². The Balaban J connectivity index is 1.79. The molecule has 0 radical (unpaired) electrons. The van der Waals surface area contributed by atoms with Crippen molar-refractivity contribution in [2.45, 2.75) is 26.8 Å². The zero-order chi connectivity index (χ0) is 24.2. The lowest BCUT2D eigenvalue weighted by Crippen LogP contribution is -3.12. The molecule has 1 fully saturated rings. The summed E-state index contributed by atoms with van der Waals surface area (Å²) in [5.41, 5.74) is 2.69. The number of ketones is 1. The summed E-state index contributed by atoms with van der Waals surface area (Å²) in [6, 6.07) is 12.4. The van der Waals surface area contributed by atoms with Crippen LogP contribution in [0.5, 0.6) is 0 Å². The molecule has 4 rings (SSSR count). The lowest BCUT2D eigenvalue weighted by atomic mass is 9.96. The van der Waals surface area contributed by atoms with E-state index in [2.05, 4.69) is 23.9 Å². The quantitative estimate of drug-likeness (QED) is 0.304. The predicted octanol–water partition coefficient (Wildman–Crippen LogP) is 1.92.